The molecule has 7 nitrogen and oxygen atoms in total. The van der Waals surface area contributed by atoms with Crippen molar-refractivity contribution in [2.24, 2.45) is 10.8 Å². The summed E-state index contributed by atoms with van der Waals surface area (Å²) < 4.78 is 0. The molecule has 0 amide bonds. The maximum atomic E-state index is 11.2. The lowest BCUT2D eigenvalue weighted by atomic mass is 9.91. The topological polar surface area (TPSA) is 105 Å². The van der Waals surface area contributed by atoms with E-state index in [0.29, 0.717) is 11.3 Å². The van der Waals surface area contributed by atoms with Gasteiger partial charge in [0.2, 0.25) is 5.72 Å². The van der Waals surface area contributed by atoms with Crippen LogP contribution < -0.4 is 5.84 Å². The second-order valence-electron chi connectivity index (χ2n) is 4.76. The highest BCUT2D eigenvalue weighted by Gasteiger charge is 2.42. The van der Waals surface area contributed by atoms with Crippen LogP contribution in [0.4, 0.5) is 11.4 Å². The molecule has 0 bridgehead atoms. The number of nitrogens with zero attached hydrogens (tertiary/aromatic N) is 3. The molecule has 3 N–H and O–H groups in total. The molecule has 0 saturated heterocycles. The molecule has 1 aliphatic rings. The van der Waals surface area contributed by atoms with Crippen molar-refractivity contribution in [1.82, 2.24) is 5.01 Å². The number of hydrazine groups is 1. The summed E-state index contributed by atoms with van der Waals surface area (Å²) >= 11 is 6.16. The molecule has 0 aliphatic carbocycles. The van der Waals surface area contributed by atoms with Crippen LogP contribution in [-0.2, 0) is 5.72 Å². The van der Waals surface area contributed by atoms with E-state index >= 15 is 0 Å². The molecule has 0 aromatic heterocycles. The summed E-state index contributed by atoms with van der Waals surface area (Å²) in [6, 6.07) is 10.6. The molecule has 0 saturated carbocycles. The SMILES string of the molecule is NN1C=Nc2ccc([N+](=O)[O-])cc2C1(O)c1ccccc1Cl. The van der Waals surface area contributed by atoms with Crippen LogP contribution in [0.15, 0.2) is 47.5 Å². The van der Waals surface area contributed by atoms with E-state index in [1.165, 1.54) is 24.5 Å². The van der Waals surface area contributed by atoms with Crippen LogP contribution in [0.3, 0.4) is 0 Å². The number of nitro benzene ring substituents is 1. The normalized spacial score (nSPS) is 19.9. The Balaban J connectivity index is 2.29. The van der Waals surface area contributed by atoms with E-state index in [9.17, 15) is 15.2 Å². The quantitative estimate of drug-likeness (QED) is 0.502. The minimum atomic E-state index is -1.85. The van der Waals surface area contributed by atoms with Crippen molar-refractivity contribution >= 4 is 29.3 Å². The first-order valence-electron chi connectivity index (χ1n) is 6.29. The Hall–Kier alpha value is -2.48. The number of benzene rings is 2. The predicted molar refractivity (Wildman–Crippen MR) is 81.7 cm³/mol. The van der Waals surface area contributed by atoms with E-state index in [-0.39, 0.29) is 16.3 Å². The minimum absolute atomic E-state index is 0.172. The van der Waals surface area contributed by atoms with Crippen LogP contribution in [0.1, 0.15) is 11.1 Å². The molecule has 1 unspecified atom stereocenters. The number of aliphatic imine (C=N–C) groups is 1. The van der Waals surface area contributed by atoms with Crippen molar-refractivity contribution in [3.05, 3.63) is 68.7 Å². The molecule has 0 fully saturated rings. The summed E-state index contributed by atoms with van der Waals surface area (Å²) in [6.07, 6.45) is 1.25. The summed E-state index contributed by atoms with van der Waals surface area (Å²) in [5, 5.41) is 23.4. The molecular weight excluding hydrogens is 308 g/mol. The van der Waals surface area contributed by atoms with E-state index in [1.54, 1.807) is 24.3 Å². The largest absolute Gasteiger partial charge is 0.362 e. The molecule has 0 spiro atoms. The highest BCUT2D eigenvalue weighted by atomic mass is 35.5. The van der Waals surface area contributed by atoms with Crippen LogP contribution in [0.25, 0.3) is 0 Å². The number of hydrogen-bond acceptors (Lipinski definition) is 6. The lowest BCUT2D eigenvalue weighted by Gasteiger charge is -2.39. The van der Waals surface area contributed by atoms with Gasteiger partial charge < -0.3 is 5.11 Å². The van der Waals surface area contributed by atoms with Crippen LogP contribution in [0, 0.1) is 10.1 Å². The molecule has 112 valence electrons. The van der Waals surface area contributed by atoms with Gasteiger partial charge in [-0.2, -0.15) is 0 Å². The number of rotatable bonds is 2. The number of non-ortho nitro benzene ring substituents is 1. The Bertz CT molecular complexity index is 795. The highest BCUT2D eigenvalue weighted by molar-refractivity contribution is 6.31. The zero-order valence-electron chi connectivity index (χ0n) is 11.2. The Morgan fingerprint density at radius 2 is 2.00 bits per heavy atom. The van der Waals surface area contributed by atoms with Gasteiger partial charge in [0.1, 0.15) is 6.34 Å². The third-order valence-corrected chi connectivity index (χ3v) is 3.84. The second-order valence-corrected chi connectivity index (χ2v) is 5.17. The summed E-state index contributed by atoms with van der Waals surface area (Å²) in [5.41, 5.74) is -1.13. The van der Waals surface area contributed by atoms with Crippen LogP contribution in [0.5, 0.6) is 0 Å². The number of halogens is 1. The van der Waals surface area contributed by atoms with Crippen LogP contribution >= 0.6 is 11.6 Å². The molecule has 8 heteroatoms. The van der Waals surface area contributed by atoms with Gasteiger partial charge in [-0.3, -0.25) is 15.1 Å². The molecule has 3 rings (SSSR count). The monoisotopic (exact) mass is 318 g/mol. The maximum Gasteiger partial charge on any atom is 0.270 e. The first-order valence-corrected chi connectivity index (χ1v) is 6.67. The Kier molecular flexibility index (Phi) is 3.32. The average Bonchev–Trinajstić information content (AvgIpc) is 2.51. The summed E-state index contributed by atoms with van der Waals surface area (Å²) in [4.78, 5) is 14.5. The summed E-state index contributed by atoms with van der Waals surface area (Å²) in [6.45, 7) is 0. The van der Waals surface area contributed by atoms with Crippen LogP contribution in [0.2, 0.25) is 5.02 Å². The molecule has 2 aromatic carbocycles. The Morgan fingerprint density at radius 3 is 2.68 bits per heavy atom. The predicted octanol–water partition coefficient (Wildman–Crippen LogP) is 2.29. The maximum absolute atomic E-state index is 11.2. The van der Waals surface area contributed by atoms with Gasteiger partial charge in [0.05, 0.1) is 10.6 Å². The van der Waals surface area contributed by atoms with Crippen molar-refractivity contribution in [1.29, 1.82) is 0 Å². The fourth-order valence-corrected chi connectivity index (χ4v) is 2.67. The molecule has 2 aromatic rings. The third kappa shape index (κ3) is 2.03. The number of nitro groups is 1. The van der Waals surface area contributed by atoms with E-state index in [2.05, 4.69) is 4.99 Å². The summed E-state index contributed by atoms with van der Waals surface area (Å²) in [5.74, 6) is 5.86. The van der Waals surface area contributed by atoms with Crippen LogP contribution in [-0.4, -0.2) is 21.4 Å². The number of nitrogens with two attached hydrogens (primary N) is 1. The third-order valence-electron chi connectivity index (χ3n) is 3.51. The van der Waals surface area contributed by atoms with Gasteiger partial charge in [0.25, 0.3) is 5.69 Å². The van der Waals surface area contributed by atoms with E-state index < -0.39 is 10.6 Å². The van der Waals surface area contributed by atoms with Crippen molar-refractivity contribution in [2.75, 3.05) is 0 Å². The second kappa shape index (κ2) is 5.06. The number of fused-ring (bicyclic) bond motifs is 1. The zero-order valence-corrected chi connectivity index (χ0v) is 11.9. The first kappa shape index (κ1) is 14.5. The molecular formula is C14H11ClN4O3. The fraction of sp³-hybridized carbons (Fsp3) is 0.0714. The highest BCUT2D eigenvalue weighted by Crippen LogP contribution is 2.43. The standard InChI is InChI=1S/C14H11ClN4O3/c15-12-4-2-1-3-10(12)14(20)11-7-9(19(21)22)5-6-13(11)17-8-18(14)16/h1-8,20H,16H2. The smallest absolute Gasteiger partial charge is 0.270 e. The van der Waals surface area contributed by atoms with Crippen molar-refractivity contribution < 1.29 is 10.0 Å². The fourth-order valence-electron chi connectivity index (χ4n) is 2.40. The van der Waals surface area contributed by atoms with E-state index in [0.717, 1.165) is 5.01 Å². The van der Waals surface area contributed by atoms with Crippen molar-refractivity contribution in [3.8, 4) is 0 Å². The van der Waals surface area contributed by atoms with Gasteiger partial charge in [-0.15, -0.1) is 0 Å². The zero-order chi connectivity index (χ0) is 15.9. The lowest BCUT2D eigenvalue weighted by molar-refractivity contribution is -0.385. The molecule has 1 aliphatic heterocycles. The Morgan fingerprint density at radius 1 is 1.27 bits per heavy atom. The van der Waals surface area contributed by atoms with Gasteiger partial charge in [-0.25, -0.2) is 10.8 Å². The van der Waals surface area contributed by atoms with Gasteiger partial charge >= 0.3 is 0 Å². The van der Waals surface area contributed by atoms with Gasteiger partial charge in [-0.05, 0) is 12.1 Å². The molecule has 1 heterocycles. The number of hydrogen-bond donors (Lipinski definition) is 2. The van der Waals surface area contributed by atoms with Gasteiger partial charge in [-0.1, -0.05) is 29.8 Å². The lowest BCUT2D eigenvalue weighted by Crippen LogP contribution is -2.52. The number of aliphatic hydroxyl groups is 1. The van der Waals surface area contributed by atoms with Crippen molar-refractivity contribution in [3.63, 3.8) is 0 Å². The Labute approximate surface area is 130 Å². The van der Waals surface area contributed by atoms with Gasteiger partial charge in [0, 0.05) is 28.3 Å². The molecule has 22 heavy (non-hydrogen) atoms. The van der Waals surface area contributed by atoms with Gasteiger partial charge in [0.15, 0.2) is 0 Å². The average molecular weight is 319 g/mol. The molecule has 1 atom stereocenters. The van der Waals surface area contributed by atoms with E-state index in [4.69, 9.17) is 17.4 Å². The summed E-state index contributed by atoms with van der Waals surface area (Å²) in [7, 11) is 0. The first-order chi connectivity index (χ1) is 10.4. The van der Waals surface area contributed by atoms with E-state index in [1.807, 2.05) is 0 Å². The van der Waals surface area contributed by atoms with Crippen molar-refractivity contribution in [2.45, 2.75) is 5.72 Å². The minimum Gasteiger partial charge on any atom is -0.362 e. The molecule has 0 radical (unpaired) electrons.